The zero-order chi connectivity index (χ0) is 12.3. The van der Waals surface area contributed by atoms with Crippen molar-refractivity contribution in [1.82, 2.24) is 5.32 Å². The van der Waals surface area contributed by atoms with E-state index < -0.39 is 30.4 Å². The average molecular weight is 229 g/mol. The molecule has 0 aliphatic rings. The first-order valence-corrected chi connectivity index (χ1v) is 4.24. The summed E-state index contributed by atoms with van der Waals surface area (Å²) in [6, 6.07) is 0. The van der Waals surface area contributed by atoms with E-state index >= 15 is 0 Å². The highest BCUT2D eigenvalue weighted by molar-refractivity contribution is 5.78. The molecule has 0 amide bonds. The molecule has 0 radical (unpaired) electrons. The van der Waals surface area contributed by atoms with Gasteiger partial charge in [0.25, 0.3) is 0 Å². The standard InChI is InChI=1S/C8H14F3NO3/c1-5(8(9,10)11)15-4-7(2,12-3)6(13)14/h5,12H,4H2,1-3H3,(H,13,14). The van der Waals surface area contributed by atoms with Gasteiger partial charge in [-0.25, -0.2) is 0 Å². The largest absolute Gasteiger partial charge is 0.480 e. The molecule has 0 aliphatic carbocycles. The van der Waals surface area contributed by atoms with Crippen LogP contribution in [0.1, 0.15) is 13.8 Å². The van der Waals surface area contributed by atoms with E-state index in [1.54, 1.807) is 0 Å². The fraction of sp³-hybridized carbons (Fsp3) is 0.875. The van der Waals surface area contributed by atoms with Crippen molar-refractivity contribution in [3.05, 3.63) is 0 Å². The Morgan fingerprint density at radius 1 is 1.53 bits per heavy atom. The third kappa shape index (κ3) is 4.05. The van der Waals surface area contributed by atoms with Crippen molar-refractivity contribution < 1.29 is 27.8 Å². The Morgan fingerprint density at radius 3 is 2.27 bits per heavy atom. The summed E-state index contributed by atoms with van der Waals surface area (Å²) in [6.07, 6.45) is -6.46. The number of hydrogen-bond acceptors (Lipinski definition) is 3. The van der Waals surface area contributed by atoms with Crippen LogP contribution < -0.4 is 5.32 Å². The molecule has 0 fully saturated rings. The van der Waals surface area contributed by atoms with Gasteiger partial charge in [0.2, 0.25) is 0 Å². The van der Waals surface area contributed by atoms with E-state index in [9.17, 15) is 18.0 Å². The second-order valence-electron chi connectivity index (χ2n) is 3.38. The molecule has 0 aromatic heterocycles. The lowest BCUT2D eigenvalue weighted by Gasteiger charge is -2.26. The maximum Gasteiger partial charge on any atom is 0.414 e. The van der Waals surface area contributed by atoms with Crippen LogP contribution in [-0.2, 0) is 9.53 Å². The minimum Gasteiger partial charge on any atom is -0.480 e. The lowest BCUT2D eigenvalue weighted by molar-refractivity contribution is -0.219. The van der Waals surface area contributed by atoms with Gasteiger partial charge in [0.05, 0.1) is 6.61 Å². The maximum atomic E-state index is 12.0. The summed E-state index contributed by atoms with van der Waals surface area (Å²) >= 11 is 0. The highest BCUT2D eigenvalue weighted by Crippen LogP contribution is 2.23. The molecular weight excluding hydrogens is 215 g/mol. The number of carboxylic acid groups (broad SMARTS) is 1. The molecule has 2 atom stereocenters. The number of ether oxygens (including phenoxy) is 1. The Labute approximate surface area is 85.4 Å². The minimum atomic E-state index is -4.48. The monoisotopic (exact) mass is 229 g/mol. The molecule has 0 spiro atoms. The third-order valence-corrected chi connectivity index (χ3v) is 2.11. The van der Waals surface area contributed by atoms with E-state index in [0.717, 1.165) is 6.92 Å². The van der Waals surface area contributed by atoms with Crippen LogP contribution in [-0.4, -0.2) is 42.5 Å². The summed E-state index contributed by atoms with van der Waals surface area (Å²) in [5.41, 5.74) is -1.51. The van der Waals surface area contributed by atoms with E-state index in [0.29, 0.717) is 0 Å². The number of hydrogen-bond donors (Lipinski definition) is 2. The molecule has 2 unspecified atom stereocenters. The number of alkyl halides is 3. The van der Waals surface area contributed by atoms with Crippen molar-refractivity contribution in [2.45, 2.75) is 31.7 Å². The zero-order valence-electron chi connectivity index (χ0n) is 8.68. The molecule has 90 valence electrons. The molecule has 0 aliphatic heterocycles. The quantitative estimate of drug-likeness (QED) is 0.738. The molecular formula is C8H14F3NO3. The molecule has 0 heterocycles. The average Bonchev–Trinajstić information content (AvgIpc) is 2.11. The second kappa shape index (κ2) is 4.80. The number of aliphatic carboxylic acids is 1. The van der Waals surface area contributed by atoms with Gasteiger partial charge in [-0.1, -0.05) is 0 Å². The van der Waals surface area contributed by atoms with Crippen molar-refractivity contribution in [3.8, 4) is 0 Å². The second-order valence-corrected chi connectivity index (χ2v) is 3.38. The summed E-state index contributed by atoms with van der Waals surface area (Å²) < 4.78 is 40.6. The molecule has 0 rings (SSSR count). The van der Waals surface area contributed by atoms with Gasteiger partial charge in [-0.15, -0.1) is 0 Å². The molecule has 0 saturated heterocycles. The number of carboxylic acids is 1. The molecule has 0 bridgehead atoms. The zero-order valence-corrected chi connectivity index (χ0v) is 8.68. The van der Waals surface area contributed by atoms with Crippen molar-refractivity contribution in [3.63, 3.8) is 0 Å². The maximum absolute atomic E-state index is 12.0. The first-order chi connectivity index (χ1) is 6.63. The summed E-state index contributed by atoms with van der Waals surface area (Å²) in [5.74, 6) is -1.26. The van der Waals surface area contributed by atoms with E-state index in [-0.39, 0.29) is 0 Å². The lowest BCUT2D eigenvalue weighted by Crippen LogP contribution is -2.52. The Kier molecular flexibility index (Phi) is 4.54. The van der Waals surface area contributed by atoms with E-state index in [2.05, 4.69) is 10.1 Å². The van der Waals surface area contributed by atoms with E-state index in [4.69, 9.17) is 5.11 Å². The molecule has 4 nitrogen and oxygen atoms in total. The van der Waals surface area contributed by atoms with Crippen molar-refractivity contribution in [1.29, 1.82) is 0 Å². The Balaban J connectivity index is 4.31. The lowest BCUT2D eigenvalue weighted by atomic mass is 10.1. The van der Waals surface area contributed by atoms with Crippen molar-refractivity contribution >= 4 is 5.97 Å². The topological polar surface area (TPSA) is 58.6 Å². The predicted octanol–water partition coefficient (Wildman–Crippen LogP) is 1.02. The third-order valence-electron chi connectivity index (χ3n) is 2.11. The molecule has 0 aromatic rings. The van der Waals surface area contributed by atoms with Crippen molar-refractivity contribution in [2.75, 3.05) is 13.7 Å². The van der Waals surface area contributed by atoms with Gasteiger partial charge in [-0.3, -0.25) is 4.79 Å². The highest BCUT2D eigenvalue weighted by atomic mass is 19.4. The van der Waals surface area contributed by atoms with Gasteiger partial charge in [0, 0.05) is 0 Å². The van der Waals surface area contributed by atoms with E-state index in [1.807, 2.05) is 0 Å². The van der Waals surface area contributed by atoms with Crippen LogP contribution in [0.4, 0.5) is 13.2 Å². The first-order valence-electron chi connectivity index (χ1n) is 4.24. The highest BCUT2D eigenvalue weighted by Gasteiger charge is 2.40. The molecule has 0 aromatic carbocycles. The molecule has 0 saturated carbocycles. The minimum absolute atomic E-state index is 0.556. The summed E-state index contributed by atoms with van der Waals surface area (Å²) in [5, 5.41) is 11.1. The number of likely N-dealkylation sites (N-methyl/N-ethyl adjacent to an activating group) is 1. The molecule has 2 N–H and O–H groups in total. The smallest absolute Gasteiger partial charge is 0.414 e. The Morgan fingerprint density at radius 2 is 2.00 bits per heavy atom. The normalized spacial score (nSPS) is 18.3. The number of rotatable bonds is 5. The number of halogens is 3. The van der Waals surface area contributed by atoms with Crippen LogP contribution in [0.2, 0.25) is 0 Å². The van der Waals surface area contributed by atoms with Crippen LogP contribution >= 0.6 is 0 Å². The van der Waals surface area contributed by atoms with Gasteiger partial charge >= 0.3 is 12.1 Å². The Hall–Kier alpha value is -0.820. The summed E-state index contributed by atoms with van der Waals surface area (Å²) in [4.78, 5) is 10.7. The predicted molar refractivity (Wildman–Crippen MR) is 46.6 cm³/mol. The van der Waals surface area contributed by atoms with Crippen molar-refractivity contribution in [2.24, 2.45) is 0 Å². The van der Waals surface area contributed by atoms with Gasteiger partial charge in [0.15, 0.2) is 6.10 Å². The fourth-order valence-corrected chi connectivity index (χ4v) is 0.627. The van der Waals surface area contributed by atoms with Gasteiger partial charge in [-0.05, 0) is 20.9 Å². The van der Waals surface area contributed by atoms with Gasteiger partial charge in [-0.2, -0.15) is 13.2 Å². The Bertz CT molecular complexity index is 232. The van der Waals surface area contributed by atoms with Crippen LogP contribution in [0.25, 0.3) is 0 Å². The van der Waals surface area contributed by atoms with E-state index in [1.165, 1.54) is 14.0 Å². The van der Waals surface area contributed by atoms with Crippen LogP contribution in [0.15, 0.2) is 0 Å². The first kappa shape index (κ1) is 14.2. The van der Waals surface area contributed by atoms with Crippen LogP contribution in [0, 0.1) is 0 Å². The van der Waals surface area contributed by atoms with Gasteiger partial charge in [0.1, 0.15) is 5.54 Å². The molecule has 7 heteroatoms. The van der Waals surface area contributed by atoms with Crippen LogP contribution in [0.5, 0.6) is 0 Å². The SMILES string of the molecule is CNC(C)(COC(C)C(F)(F)F)C(=O)O. The number of nitrogens with one attached hydrogen (secondary N) is 1. The summed E-state index contributed by atoms with van der Waals surface area (Å²) in [7, 11) is 1.34. The number of carbonyl (C=O) groups is 1. The van der Waals surface area contributed by atoms with Gasteiger partial charge < -0.3 is 15.2 Å². The van der Waals surface area contributed by atoms with Crippen LogP contribution in [0.3, 0.4) is 0 Å². The summed E-state index contributed by atoms with van der Waals surface area (Å²) in [6.45, 7) is 1.52. The fourth-order valence-electron chi connectivity index (χ4n) is 0.627. The molecule has 15 heavy (non-hydrogen) atoms.